The van der Waals surface area contributed by atoms with Crippen LogP contribution in [0.4, 0.5) is 0 Å². The molecule has 0 amide bonds. The van der Waals surface area contributed by atoms with Crippen molar-refractivity contribution in [3.05, 3.63) is 30.3 Å². The summed E-state index contributed by atoms with van der Waals surface area (Å²) in [6.45, 7) is 5.02. The quantitative estimate of drug-likeness (QED) is 0.698. The van der Waals surface area contributed by atoms with Crippen molar-refractivity contribution in [1.82, 2.24) is 0 Å². The van der Waals surface area contributed by atoms with E-state index in [2.05, 4.69) is 13.8 Å². The van der Waals surface area contributed by atoms with Crippen molar-refractivity contribution in [3.63, 3.8) is 0 Å². The van der Waals surface area contributed by atoms with Gasteiger partial charge in [0.2, 0.25) is 0 Å². The molecule has 1 rings (SSSR count). The van der Waals surface area contributed by atoms with Crippen molar-refractivity contribution >= 4 is 0 Å². The Balaban J connectivity index is 2.01. The Morgan fingerprint density at radius 1 is 1.12 bits per heavy atom. The Morgan fingerprint density at radius 2 is 1.82 bits per heavy atom. The predicted molar refractivity (Wildman–Crippen MR) is 71.2 cm³/mol. The van der Waals surface area contributed by atoms with Crippen LogP contribution >= 0.6 is 0 Å². The maximum absolute atomic E-state index is 9.70. The van der Waals surface area contributed by atoms with Gasteiger partial charge in [-0.15, -0.1) is 0 Å². The molecule has 1 N–H and O–H groups in total. The van der Waals surface area contributed by atoms with E-state index in [9.17, 15) is 5.11 Å². The van der Waals surface area contributed by atoms with Gasteiger partial charge in [-0.2, -0.15) is 0 Å². The molecule has 2 nitrogen and oxygen atoms in total. The first-order chi connectivity index (χ1) is 8.18. The summed E-state index contributed by atoms with van der Waals surface area (Å²) in [4.78, 5) is 0. The molecule has 0 aliphatic heterocycles. The summed E-state index contributed by atoms with van der Waals surface area (Å²) in [5, 5.41) is 9.70. The Kier molecular flexibility index (Phi) is 6.71. The zero-order valence-corrected chi connectivity index (χ0v) is 10.9. The number of hydrogen-bond donors (Lipinski definition) is 1. The van der Waals surface area contributed by atoms with E-state index in [-0.39, 0.29) is 6.10 Å². The third kappa shape index (κ3) is 7.01. The third-order valence-electron chi connectivity index (χ3n) is 2.69. The largest absolute Gasteiger partial charge is 0.494 e. The average Bonchev–Trinajstić information content (AvgIpc) is 2.29. The summed E-state index contributed by atoms with van der Waals surface area (Å²) in [7, 11) is 0. The van der Waals surface area contributed by atoms with Crippen molar-refractivity contribution in [2.75, 3.05) is 6.61 Å². The average molecular weight is 236 g/mol. The number of rotatable bonds is 8. The Hall–Kier alpha value is -1.02. The van der Waals surface area contributed by atoms with E-state index in [1.165, 1.54) is 0 Å². The van der Waals surface area contributed by atoms with Gasteiger partial charge in [0, 0.05) is 0 Å². The highest BCUT2D eigenvalue weighted by Crippen LogP contribution is 2.12. The molecule has 0 aliphatic rings. The van der Waals surface area contributed by atoms with Gasteiger partial charge < -0.3 is 9.84 Å². The highest BCUT2D eigenvalue weighted by Gasteiger charge is 2.06. The lowest BCUT2D eigenvalue weighted by molar-refractivity contribution is 0.134. The minimum Gasteiger partial charge on any atom is -0.494 e. The van der Waals surface area contributed by atoms with Crippen LogP contribution in [0.3, 0.4) is 0 Å². The van der Waals surface area contributed by atoms with E-state index in [1.807, 2.05) is 30.3 Å². The van der Waals surface area contributed by atoms with Gasteiger partial charge in [0.25, 0.3) is 0 Å². The smallest absolute Gasteiger partial charge is 0.119 e. The molecule has 0 saturated carbocycles. The van der Waals surface area contributed by atoms with E-state index in [4.69, 9.17) is 4.74 Å². The lowest BCUT2D eigenvalue weighted by Gasteiger charge is -2.12. The maximum Gasteiger partial charge on any atom is 0.119 e. The van der Waals surface area contributed by atoms with Crippen LogP contribution in [-0.2, 0) is 0 Å². The van der Waals surface area contributed by atoms with Gasteiger partial charge in [-0.3, -0.25) is 0 Å². The van der Waals surface area contributed by atoms with E-state index >= 15 is 0 Å². The minimum atomic E-state index is -0.147. The first kappa shape index (κ1) is 14.0. The molecule has 0 fully saturated rings. The van der Waals surface area contributed by atoms with Gasteiger partial charge in [0.15, 0.2) is 0 Å². The molecule has 0 spiro atoms. The van der Waals surface area contributed by atoms with Crippen molar-refractivity contribution in [2.45, 2.75) is 45.6 Å². The zero-order chi connectivity index (χ0) is 12.5. The number of aliphatic hydroxyl groups is 1. The van der Waals surface area contributed by atoms with Crippen LogP contribution in [0.2, 0.25) is 0 Å². The molecule has 2 heteroatoms. The SMILES string of the molecule is CC(C)CC(O)CCCCOc1ccccc1. The Bertz CT molecular complexity index is 282. The van der Waals surface area contributed by atoms with E-state index in [0.717, 1.165) is 38.0 Å². The van der Waals surface area contributed by atoms with Crippen molar-refractivity contribution < 1.29 is 9.84 Å². The predicted octanol–water partition coefficient (Wildman–Crippen LogP) is 3.64. The molecular weight excluding hydrogens is 212 g/mol. The molecule has 0 saturated heterocycles. The second-order valence-electron chi connectivity index (χ2n) is 4.94. The molecule has 0 aromatic heterocycles. The molecule has 1 unspecified atom stereocenters. The number of aliphatic hydroxyl groups excluding tert-OH is 1. The molecular formula is C15H24O2. The van der Waals surface area contributed by atoms with Crippen molar-refractivity contribution in [3.8, 4) is 5.75 Å². The number of benzene rings is 1. The molecule has 1 aromatic carbocycles. The van der Waals surface area contributed by atoms with Crippen LogP contribution in [0.15, 0.2) is 30.3 Å². The molecule has 0 aliphatic carbocycles. The summed E-state index contributed by atoms with van der Waals surface area (Å²) in [5.74, 6) is 1.50. The topological polar surface area (TPSA) is 29.5 Å². The second kappa shape index (κ2) is 8.13. The third-order valence-corrected chi connectivity index (χ3v) is 2.69. The fourth-order valence-corrected chi connectivity index (χ4v) is 1.85. The summed E-state index contributed by atoms with van der Waals surface area (Å²) in [6.07, 6.45) is 3.67. The number of ether oxygens (including phenoxy) is 1. The highest BCUT2D eigenvalue weighted by molar-refractivity contribution is 5.20. The van der Waals surface area contributed by atoms with Crippen LogP contribution in [0.1, 0.15) is 39.5 Å². The van der Waals surface area contributed by atoms with Crippen molar-refractivity contribution in [1.29, 1.82) is 0 Å². The number of unbranched alkanes of at least 4 members (excludes halogenated alkanes) is 1. The molecule has 1 atom stereocenters. The van der Waals surface area contributed by atoms with E-state index in [0.29, 0.717) is 5.92 Å². The summed E-state index contributed by atoms with van der Waals surface area (Å²) < 4.78 is 5.59. The summed E-state index contributed by atoms with van der Waals surface area (Å²) in [6, 6.07) is 9.86. The lowest BCUT2D eigenvalue weighted by Crippen LogP contribution is -2.10. The van der Waals surface area contributed by atoms with Crippen LogP contribution in [0.25, 0.3) is 0 Å². The van der Waals surface area contributed by atoms with Crippen molar-refractivity contribution in [2.24, 2.45) is 5.92 Å². The number of hydrogen-bond acceptors (Lipinski definition) is 2. The lowest BCUT2D eigenvalue weighted by atomic mass is 10.0. The molecule has 96 valence electrons. The maximum atomic E-state index is 9.70. The van der Waals surface area contributed by atoms with Crippen LogP contribution < -0.4 is 4.74 Å². The monoisotopic (exact) mass is 236 g/mol. The number of para-hydroxylation sites is 1. The summed E-state index contributed by atoms with van der Waals surface area (Å²) in [5.41, 5.74) is 0. The minimum absolute atomic E-state index is 0.147. The van der Waals surface area contributed by atoms with Gasteiger partial charge in [0.05, 0.1) is 12.7 Å². The zero-order valence-electron chi connectivity index (χ0n) is 10.9. The van der Waals surface area contributed by atoms with Gasteiger partial charge in [0.1, 0.15) is 5.75 Å². The molecule has 0 radical (unpaired) electrons. The molecule has 0 heterocycles. The van der Waals surface area contributed by atoms with Crippen LogP contribution in [0, 0.1) is 5.92 Å². The first-order valence-corrected chi connectivity index (χ1v) is 6.54. The highest BCUT2D eigenvalue weighted by atomic mass is 16.5. The van der Waals surface area contributed by atoms with E-state index < -0.39 is 0 Å². The Labute approximate surface area is 105 Å². The van der Waals surface area contributed by atoms with Gasteiger partial charge >= 0.3 is 0 Å². The molecule has 17 heavy (non-hydrogen) atoms. The van der Waals surface area contributed by atoms with Gasteiger partial charge in [-0.1, -0.05) is 32.0 Å². The standard InChI is InChI=1S/C15H24O2/c1-13(2)12-14(16)8-6-7-11-17-15-9-4-3-5-10-15/h3-5,9-10,13-14,16H,6-8,11-12H2,1-2H3. The molecule has 1 aromatic rings. The van der Waals surface area contributed by atoms with Crippen LogP contribution in [-0.4, -0.2) is 17.8 Å². The summed E-state index contributed by atoms with van der Waals surface area (Å²) >= 11 is 0. The van der Waals surface area contributed by atoms with E-state index in [1.54, 1.807) is 0 Å². The molecule has 0 bridgehead atoms. The second-order valence-corrected chi connectivity index (χ2v) is 4.94. The Morgan fingerprint density at radius 3 is 2.47 bits per heavy atom. The first-order valence-electron chi connectivity index (χ1n) is 6.54. The van der Waals surface area contributed by atoms with Gasteiger partial charge in [-0.05, 0) is 43.7 Å². The normalized spacial score (nSPS) is 12.7. The van der Waals surface area contributed by atoms with Gasteiger partial charge in [-0.25, -0.2) is 0 Å². The fourth-order valence-electron chi connectivity index (χ4n) is 1.85. The fraction of sp³-hybridized carbons (Fsp3) is 0.600. The van der Waals surface area contributed by atoms with Crippen LogP contribution in [0.5, 0.6) is 5.75 Å².